The number of ether oxygens (including phenoxy) is 2. The number of esters is 1. The number of rotatable bonds is 4. The minimum absolute atomic E-state index is 0.0511. The van der Waals surface area contributed by atoms with E-state index in [1.54, 1.807) is 0 Å². The number of fused-ring (bicyclic) bond motifs is 1. The van der Waals surface area contributed by atoms with Crippen molar-refractivity contribution in [1.82, 2.24) is 0 Å². The Labute approximate surface area is 103 Å². The molecule has 1 fully saturated rings. The first-order valence-corrected chi connectivity index (χ1v) is 6.71. The van der Waals surface area contributed by atoms with Crippen molar-refractivity contribution < 1.29 is 14.3 Å². The molecule has 0 unspecified atom stereocenters. The lowest BCUT2D eigenvalue weighted by Gasteiger charge is -2.25. The molecular formula is C14H22O3. The van der Waals surface area contributed by atoms with Crippen LogP contribution in [0.5, 0.6) is 0 Å². The van der Waals surface area contributed by atoms with Gasteiger partial charge in [0.15, 0.2) is 0 Å². The molecule has 2 aliphatic rings. The molecule has 0 aromatic heterocycles. The average Bonchev–Trinajstić information content (AvgIpc) is 2.67. The van der Waals surface area contributed by atoms with E-state index in [0.717, 1.165) is 19.3 Å². The van der Waals surface area contributed by atoms with Gasteiger partial charge >= 0.3 is 5.97 Å². The molecule has 0 amide bonds. The largest absolute Gasteiger partial charge is 0.466 e. The summed E-state index contributed by atoms with van der Waals surface area (Å²) in [6, 6.07) is 0. The first-order chi connectivity index (χ1) is 8.27. The van der Waals surface area contributed by atoms with E-state index in [1.165, 1.54) is 0 Å². The van der Waals surface area contributed by atoms with E-state index in [4.69, 9.17) is 9.47 Å². The molecule has 4 atom stereocenters. The molecule has 0 N–H and O–H groups in total. The van der Waals surface area contributed by atoms with Crippen LogP contribution >= 0.6 is 0 Å². The van der Waals surface area contributed by atoms with Gasteiger partial charge in [-0.15, -0.1) is 0 Å². The Morgan fingerprint density at radius 1 is 1.24 bits per heavy atom. The summed E-state index contributed by atoms with van der Waals surface area (Å²) in [4.78, 5) is 12.1. The summed E-state index contributed by atoms with van der Waals surface area (Å²) in [7, 11) is 0. The zero-order valence-electron chi connectivity index (χ0n) is 10.7. The lowest BCUT2D eigenvalue weighted by atomic mass is 9.81. The van der Waals surface area contributed by atoms with Crippen molar-refractivity contribution in [2.24, 2.45) is 17.8 Å². The molecule has 0 bridgehead atoms. The molecule has 0 saturated heterocycles. The fourth-order valence-electron chi connectivity index (χ4n) is 3.27. The Balaban J connectivity index is 2.11. The van der Waals surface area contributed by atoms with E-state index in [-0.39, 0.29) is 18.0 Å². The van der Waals surface area contributed by atoms with E-state index < -0.39 is 0 Å². The maximum atomic E-state index is 12.1. The molecule has 0 heterocycles. The molecule has 1 saturated carbocycles. The summed E-state index contributed by atoms with van der Waals surface area (Å²) >= 11 is 0. The van der Waals surface area contributed by atoms with Crippen molar-refractivity contribution in [3.8, 4) is 0 Å². The summed E-state index contributed by atoms with van der Waals surface area (Å²) < 4.78 is 11.0. The second-order valence-corrected chi connectivity index (χ2v) is 4.87. The van der Waals surface area contributed by atoms with Crippen molar-refractivity contribution in [3.63, 3.8) is 0 Å². The Bertz CT molecular complexity index is 298. The summed E-state index contributed by atoms with van der Waals surface area (Å²) in [6.07, 6.45) is 7.59. The first kappa shape index (κ1) is 12.6. The predicted molar refractivity (Wildman–Crippen MR) is 65.5 cm³/mol. The molecule has 2 rings (SSSR count). The Morgan fingerprint density at radius 2 is 2.00 bits per heavy atom. The highest BCUT2D eigenvalue weighted by molar-refractivity contribution is 5.74. The zero-order chi connectivity index (χ0) is 12.3. The van der Waals surface area contributed by atoms with Gasteiger partial charge in [0.05, 0.1) is 18.6 Å². The van der Waals surface area contributed by atoms with Crippen LogP contribution in [0.3, 0.4) is 0 Å². The monoisotopic (exact) mass is 238 g/mol. The standard InChI is InChI=1S/C14H22O3/c1-3-16-12-9-10-7-5-6-8-11(10)13(12)14(15)17-4-2/h5-6,10-13H,3-4,7-9H2,1-2H3/t10-,11+,12+,13+/m0/s1. The van der Waals surface area contributed by atoms with Crippen LogP contribution in [0, 0.1) is 17.8 Å². The van der Waals surface area contributed by atoms with Gasteiger partial charge in [-0.3, -0.25) is 4.79 Å². The van der Waals surface area contributed by atoms with E-state index in [1.807, 2.05) is 13.8 Å². The molecule has 3 nitrogen and oxygen atoms in total. The molecule has 0 radical (unpaired) electrons. The van der Waals surface area contributed by atoms with E-state index >= 15 is 0 Å². The predicted octanol–water partition coefficient (Wildman–Crippen LogP) is 2.56. The van der Waals surface area contributed by atoms with Gasteiger partial charge < -0.3 is 9.47 Å². The van der Waals surface area contributed by atoms with Crippen LogP contribution < -0.4 is 0 Å². The maximum Gasteiger partial charge on any atom is 0.311 e. The minimum Gasteiger partial charge on any atom is -0.466 e. The molecule has 17 heavy (non-hydrogen) atoms. The maximum absolute atomic E-state index is 12.1. The molecule has 0 aliphatic heterocycles. The van der Waals surface area contributed by atoms with Crippen molar-refractivity contribution in [2.45, 2.75) is 39.2 Å². The number of carbonyl (C=O) groups excluding carboxylic acids is 1. The van der Waals surface area contributed by atoms with Crippen molar-refractivity contribution in [3.05, 3.63) is 12.2 Å². The zero-order valence-corrected chi connectivity index (χ0v) is 10.7. The van der Waals surface area contributed by atoms with Crippen LogP contribution in [0.4, 0.5) is 0 Å². The fraction of sp³-hybridized carbons (Fsp3) is 0.786. The summed E-state index contributed by atoms with van der Waals surface area (Å²) in [5.41, 5.74) is 0. The molecule has 0 aromatic rings. The summed E-state index contributed by atoms with van der Waals surface area (Å²) in [6.45, 7) is 4.98. The fourth-order valence-corrected chi connectivity index (χ4v) is 3.27. The second-order valence-electron chi connectivity index (χ2n) is 4.87. The SMILES string of the molecule is CCOC(=O)[C@@H]1[C@@H]2CC=CC[C@H]2C[C@H]1OCC. The van der Waals surface area contributed by atoms with Crippen molar-refractivity contribution in [1.29, 1.82) is 0 Å². The third-order valence-corrected chi connectivity index (χ3v) is 3.96. The number of allylic oxidation sites excluding steroid dienone is 2. The van der Waals surface area contributed by atoms with Crippen LogP contribution in [0.1, 0.15) is 33.1 Å². The number of hydrogen-bond donors (Lipinski definition) is 0. The topological polar surface area (TPSA) is 35.5 Å². The highest BCUT2D eigenvalue weighted by Crippen LogP contribution is 2.45. The molecule has 96 valence electrons. The highest BCUT2D eigenvalue weighted by atomic mass is 16.5. The number of carbonyl (C=O) groups is 1. The van der Waals surface area contributed by atoms with Gasteiger partial charge in [-0.05, 0) is 44.9 Å². The summed E-state index contributed by atoms with van der Waals surface area (Å²) in [5, 5.41) is 0. The lowest BCUT2D eigenvalue weighted by molar-refractivity contribution is -0.154. The van der Waals surface area contributed by atoms with Gasteiger partial charge in [0.2, 0.25) is 0 Å². The lowest BCUT2D eigenvalue weighted by Crippen LogP contribution is -2.32. The minimum atomic E-state index is -0.0613. The average molecular weight is 238 g/mol. The van der Waals surface area contributed by atoms with Crippen LogP contribution in [0.2, 0.25) is 0 Å². The van der Waals surface area contributed by atoms with Gasteiger partial charge in [0.25, 0.3) is 0 Å². The first-order valence-electron chi connectivity index (χ1n) is 6.71. The van der Waals surface area contributed by atoms with E-state index in [9.17, 15) is 4.79 Å². The van der Waals surface area contributed by atoms with Gasteiger partial charge in [-0.2, -0.15) is 0 Å². The molecule has 2 aliphatic carbocycles. The number of hydrogen-bond acceptors (Lipinski definition) is 3. The second kappa shape index (κ2) is 5.67. The van der Waals surface area contributed by atoms with Gasteiger partial charge in [-0.1, -0.05) is 12.2 Å². The van der Waals surface area contributed by atoms with Crippen LogP contribution in [0.25, 0.3) is 0 Å². The van der Waals surface area contributed by atoms with E-state index in [0.29, 0.717) is 25.0 Å². The Hall–Kier alpha value is -0.830. The van der Waals surface area contributed by atoms with Gasteiger partial charge in [-0.25, -0.2) is 0 Å². The molecular weight excluding hydrogens is 216 g/mol. The van der Waals surface area contributed by atoms with Gasteiger partial charge in [0, 0.05) is 6.61 Å². The van der Waals surface area contributed by atoms with Gasteiger partial charge in [0.1, 0.15) is 0 Å². The normalized spacial score (nSPS) is 35.6. The van der Waals surface area contributed by atoms with Crippen molar-refractivity contribution in [2.75, 3.05) is 13.2 Å². The molecule has 3 heteroatoms. The molecule has 0 aromatic carbocycles. The third kappa shape index (κ3) is 2.54. The highest BCUT2D eigenvalue weighted by Gasteiger charge is 2.47. The van der Waals surface area contributed by atoms with Crippen LogP contribution in [-0.4, -0.2) is 25.3 Å². The smallest absolute Gasteiger partial charge is 0.311 e. The van der Waals surface area contributed by atoms with Crippen LogP contribution in [-0.2, 0) is 14.3 Å². The summed E-state index contributed by atoms with van der Waals surface area (Å²) in [5.74, 6) is 0.917. The Kier molecular flexibility index (Phi) is 4.21. The van der Waals surface area contributed by atoms with Crippen molar-refractivity contribution >= 4 is 5.97 Å². The van der Waals surface area contributed by atoms with Crippen LogP contribution in [0.15, 0.2) is 12.2 Å². The molecule has 0 spiro atoms. The van der Waals surface area contributed by atoms with E-state index in [2.05, 4.69) is 12.2 Å². The Morgan fingerprint density at radius 3 is 2.71 bits per heavy atom. The quantitative estimate of drug-likeness (QED) is 0.558. The third-order valence-electron chi connectivity index (χ3n) is 3.96.